The topological polar surface area (TPSA) is 58.6 Å². The Morgan fingerprint density at radius 2 is 1.76 bits per heavy atom. The number of hydrogen-bond acceptors (Lipinski definition) is 4. The third-order valence-corrected chi connectivity index (χ3v) is 5.12. The summed E-state index contributed by atoms with van der Waals surface area (Å²) in [4.78, 5) is 27.0. The molecule has 0 fully saturated rings. The Hall–Kier alpha value is -2.79. The Morgan fingerprint density at radius 3 is 2.38 bits per heavy atom. The van der Waals surface area contributed by atoms with E-state index in [1.165, 1.54) is 5.56 Å². The number of anilines is 1. The van der Waals surface area contributed by atoms with E-state index in [-0.39, 0.29) is 24.6 Å². The largest absolute Gasteiger partial charge is 0.461 e. The van der Waals surface area contributed by atoms with E-state index in [0.717, 1.165) is 17.7 Å². The van der Waals surface area contributed by atoms with Gasteiger partial charge in [-0.15, -0.1) is 0 Å². The lowest BCUT2D eigenvalue weighted by Crippen LogP contribution is -2.31. The zero-order valence-corrected chi connectivity index (χ0v) is 17.4. The van der Waals surface area contributed by atoms with Crippen LogP contribution in [0, 0.1) is 0 Å². The molecule has 0 aromatic heterocycles. The summed E-state index contributed by atoms with van der Waals surface area (Å²) in [5.74, 6) is -0.690. The summed E-state index contributed by atoms with van der Waals surface area (Å²) < 4.78 is 5.25. The van der Waals surface area contributed by atoms with Gasteiger partial charge in [0.2, 0.25) is 5.91 Å². The summed E-state index contributed by atoms with van der Waals surface area (Å²) in [6, 6.07) is 17.3. The first-order valence-corrected chi connectivity index (χ1v) is 10.2. The van der Waals surface area contributed by atoms with Crippen molar-refractivity contribution in [2.24, 2.45) is 0 Å². The van der Waals surface area contributed by atoms with Crippen molar-refractivity contribution >= 4 is 29.2 Å². The summed E-state index contributed by atoms with van der Waals surface area (Å²) in [5.41, 5.74) is 3.17. The molecule has 152 valence electrons. The molecule has 1 atom stereocenters. The van der Waals surface area contributed by atoms with E-state index in [1.807, 2.05) is 54.6 Å². The molecule has 1 heterocycles. The predicted octanol–water partition coefficient (Wildman–Crippen LogP) is 4.16. The number of carbonyl (C=O) groups is 2. The van der Waals surface area contributed by atoms with E-state index in [0.29, 0.717) is 12.1 Å². The molecule has 5 nitrogen and oxygen atoms in total. The first-order chi connectivity index (χ1) is 14.0. The molecule has 0 spiro atoms. The van der Waals surface area contributed by atoms with Gasteiger partial charge in [0.05, 0.1) is 18.7 Å². The number of hydrogen-bond donors (Lipinski definition) is 1. The average Bonchev–Trinajstić information content (AvgIpc) is 3.04. The molecule has 0 bridgehead atoms. The maximum atomic E-state index is 12.7. The average molecular weight is 413 g/mol. The number of nitrogens with zero attached hydrogens (tertiary/aromatic N) is 1. The molecule has 29 heavy (non-hydrogen) atoms. The molecule has 1 N–H and O–H groups in total. The fourth-order valence-electron chi connectivity index (χ4n) is 3.35. The molecule has 2 aromatic carbocycles. The van der Waals surface area contributed by atoms with Crippen LogP contribution in [0.1, 0.15) is 31.4 Å². The maximum Gasteiger partial charge on any atom is 0.356 e. The summed E-state index contributed by atoms with van der Waals surface area (Å²) in [5, 5.41) is 2.88. The molecule has 1 unspecified atom stereocenters. The lowest BCUT2D eigenvalue weighted by Gasteiger charge is -2.25. The Morgan fingerprint density at radius 1 is 1.07 bits per heavy atom. The quantitative estimate of drug-likeness (QED) is 0.421. The number of amides is 1. The van der Waals surface area contributed by atoms with Crippen LogP contribution in [0.4, 0.5) is 5.69 Å². The van der Waals surface area contributed by atoms with Gasteiger partial charge in [-0.2, -0.15) is 0 Å². The van der Waals surface area contributed by atoms with Crippen molar-refractivity contribution in [2.75, 3.05) is 11.5 Å². The van der Waals surface area contributed by atoms with Crippen LogP contribution < -0.4 is 10.2 Å². The second-order valence-electron chi connectivity index (χ2n) is 6.79. The number of nitrogens with one attached hydrogen (secondary N) is 1. The van der Waals surface area contributed by atoms with E-state index in [2.05, 4.69) is 12.2 Å². The molecule has 3 rings (SSSR count). The Kier molecular flexibility index (Phi) is 6.94. The molecular formula is C23H25ClN2O3. The summed E-state index contributed by atoms with van der Waals surface area (Å²) >= 11 is 6.59. The van der Waals surface area contributed by atoms with Gasteiger partial charge < -0.3 is 15.0 Å². The molecular weight excluding hydrogens is 388 g/mol. The molecule has 1 aliphatic heterocycles. The van der Waals surface area contributed by atoms with Crippen molar-refractivity contribution in [3.05, 3.63) is 77.1 Å². The number of carbonyl (C=O) groups excluding carboxylic acids is 2. The highest BCUT2D eigenvalue weighted by atomic mass is 35.5. The van der Waals surface area contributed by atoms with Crippen LogP contribution in [0.3, 0.4) is 0 Å². The van der Waals surface area contributed by atoms with Crippen LogP contribution in [-0.2, 0) is 27.2 Å². The molecule has 0 aliphatic carbocycles. The first-order valence-electron chi connectivity index (χ1n) is 9.79. The predicted molar refractivity (Wildman–Crippen MR) is 115 cm³/mol. The van der Waals surface area contributed by atoms with E-state index < -0.39 is 11.5 Å². The van der Waals surface area contributed by atoms with Crippen LogP contribution in [0.25, 0.3) is 0 Å². The van der Waals surface area contributed by atoms with Gasteiger partial charge in [-0.3, -0.25) is 4.79 Å². The first kappa shape index (κ1) is 20.9. The lowest BCUT2D eigenvalue weighted by atomic mass is 10.1. The molecule has 6 heteroatoms. The highest BCUT2D eigenvalue weighted by molar-refractivity contribution is 6.23. The van der Waals surface area contributed by atoms with Crippen molar-refractivity contribution in [1.82, 2.24) is 5.32 Å². The third kappa shape index (κ3) is 4.98. The van der Waals surface area contributed by atoms with Gasteiger partial charge in [0.15, 0.2) is 0 Å². The Bertz CT molecular complexity index is 894. The van der Waals surface area contributed by atoms with E-state index in [1.54, 1.807) is 11.8 Å². The molecule has 1 amide bonds. The summed E-state index contributed by atoms with van der Waals surface area (Å²) in [6.07, 6.45) is 1.48. The van der Waals surface area contributed by atoms with Crippen LogP contribution >= 0.6 is 11.6 Å². The van der Waals surface area contributed by atoms with Gasteiger partial charge in [-0.05, 0) is 36.6 Å². The molecule has 0 saturated carbocycles. The molecule has 2 aromatic rings. The second-order valence-corrected chi connectivity index (χ2v) is 7.29. The van der Waals surface area contributed by atoms with Crippen LogP contribution in [0.5, 0.6) is 0 Å². The maximum absolute atomic E-state index is 12.7. The fraction of sp³-hybridized carbons (Fsp3) is 0.304. The number of esters is 1. The molecule has 1 aliphatic rings. The zero-order chi connectivity index (χ0) is 20.8. The highest BCUT2D eigenvalue weighted by Gasteiger charge is 2.37. The van der Waals surface area contributed by atoms with Crippen molar-refractivity contribution in [3.63, 3.8) is 0 Å². The van der Waals surface area contributed by atoms with E-state index in [4.69, 9.17) is 16.3 Å². The second kappa shape index (κ2) is 9.61. The van der Waals surface area contributed by atoms with Gasteiger partial charge in [0.25, 0.3) is 0 Å². The van der Waals surface area contributed by atoms with E-state index >= 15 is 0 Å². The minimum atomic E-state index is -0.495. The van der Waals surface area contributed by atoms with Gasteiger partial charge in [0, 0.05) is 12.1 Å². The van der Waals surface area contributed by atoms with E-state index in [9.17, 15) is 9.59 Å². The van der Waals surface area contributed by atoms with Gasteiger partial charge >= 0.3 is 5.97 Å². The van der Waals surface area contributed by atoms with Crippen molar-refractivity contribution in [1.29, 1.82) is 0 Å². The zero-order valence-electron chi connectivity index (χ0n) is 16.7. The summed E-state index contributed by atoms with van der Waals surface area (Å²) in [7, 11) is 0. The normalized spacial score (nSPS) is 16.1. The number of ether oxygens (including phenoxy) is 1. The number of halogens is 1. The van der Waals surface area contributed by atoms with Crippen molar-refractivity contribution in [3.8, 4) is 0 Å². The van der Waals surface area contributed by atoms with Crippen LogP contribution in [0.2, 0.25) is 0 Å². The fourth-order valence-corrected chi connectivity index (χ4v) is 3.71. The smallest absolute Gasteiger partial charge is 0.356 e. The monoisotopic (exact) mass is 412 g/mol. The van der Waals surface area contributed by atoms with Gasteiger partial charge in [0.1, 0.15) is 11.2 Å². The van der Waals surface area contributed by atoms with Crippen LogP contribution in [-0.4, -0.2) is 24.0 Å². The summed E-state index contributed by atoms with van der Waals surface area (Å²) in [6.45, 7) is 4.07. The Balaban J connectivity index is 1.88. The van der Waals surface area contributed by atoms with Gasteiger partial charge in [-0.1, -0.05) is 61.0 Å². The van der Waals surface area contributed by atoms with Gasteiger partial charge in [-0.25, -0.2) is 4.79 Å². The Labute approximate surface area is 176 Å². The standard InChI is InChI=1S/C23H25ClN2O3/c1-3-16-10-12-18(13-11-16)26-20(24)15-19(22(26)23(28)29-4-2)25-21(27)14-17-8-6-5-7-9-17/h5-13,20H,3-4,14-15H2,1-2H3,(H,25,27). The minimum absolute atomic E-state index is 0.194. The number of alkyl halides is 1. The lowest BCUT2D eigenvalue weighted by molar-refractivity contribution is -0.138. The molecule has 0 radical (unpaired) electrons. The number of aryl methyl sites for hydroxylation is 1. The third-order valence-electron chi connectivity index (χ3n) is 4.77. The highest BCUT2D eigenvalue weighted by Crippen LogP contribution is 2.35. The van der Waals surface area contributed by atoms with Crippen molar-refractivity contribution in [2.45, 2.75) is 38.6 Å². The minimum Gasteiger partial charge on any atom is -0.461 e. The molecule has 0 saturated heterocycles. The van der Waals surface area contributed by atoms with Crippen molar-refractivity contribution < 1.29 is 14.3 Å². The number of benzene rings is 2. The van der Waals surface area contributed by atoms with Crippen LogP contribution in [0.15, 0.2) is 66.0 Å². The number of rotatable bonds is 7. The SMILES string of the molecule is CCOC(=O)C1=C(NC(=O)Cc2ccccc2)CC(Cl)N1c1ccc(CC)cc1.